The number of hydrogen-bond donors (Lipinski definition) is 6. The molecular formula is C11H20N8O2. The van der Waals surface area contributed by atoms with Gasteiger partial charge in [0.2, 0.25) is 0 Å². The fourth-order valence-corrected chi connectivity index (χ4v) is 3.05. The average molecular weight is 296 g/mol. The van der Waals surface area contributed by atoms with Crippen molar-refractivity contribution in [2.75, 3.05) is 19.9 Å². The molecule has 0 aliphatic carbocycles. The summed E-state index contributed by atoms with van der Waals surface area (Å²) < 4.78 is 5.90. The Balaban J connectivity index is 1.79. The summed E-state index contributed by atoms with van der Waals surface area (Å²) in [5.74, 6) is 6.37. The van der Waals surface area contributed by atoms with Gasteiger partial charge in [0.05, 0.1) is 25.1 Å². The topological polar surface area (TPSA) is 140 Å². The van der Waals surface area contributed by atoms with Gasteiger partial charge in [0.1, 0.15) is 24.8 Å². The Hall–Kier alpha value is -1.75. The van der Waals surface area contributed by atoms with Gasteiger partial charge in [0.25, 0.3) is 0 Å². The molecule has 7 N–H and O–H groups in total. The monoisotopic (exact) mass is 296 g/mol. The summed E-state index contributed by atoms with van der Waals surface area (Å²) in [6.07, 6.45) is 1.36. The minimum absolute atomic E-state index is 0.0635. The van der Waals surface area contributed by atoms with Gasteiger partial charge >= 0.3 is 0 Å². The summed E-state index contributed by atoms with van der Waals surface area (Å²) in [5.41, 5.74) is 3.62. The SMILES string of the molecule is N=C[C@H]1C[C@@H](CN=O)O[C@H]1N1CNC2=C1NCNC2NN. The maximum absolute atomic E-state index is 10.4. The van der Waals surface area contributed by atoms with Crippen molar-refractivity contribution in [1.82, 2.24) is 26.3 Å². The molecule has 10 heteroatoms. The summed E-state index contributed by atoms with van der Waals surface area (Å²) in [7, 11) is 0. The van der Waals surface area contributed by atoms with Crippen LogP contribution in [0.15, 0.2) is 16.7 Å². The van der Waals surface area contributed by atoms with E-state index in [1.807, 2.05) is 4.90 Å². The standard InChI is InChI=1S/C11H20N8O2/c12-2-6-1-7(3-17-20)21-11(6)19-5-16-8-9(18-13)14-4-15-10(8)19/h2,6-7,9,11-12,14-16,18H,1,3-5,13H2/t6-,7+,9?,11-/m1/s1. The molecule has 21 heavy (non-hydrogen) atoms. The highest BCUT2D eigenvalue weighted by atomic mass is 16.5. The van der Waals surface area contributed by atoms with Crippen molar-refractivity contribution in [3.8, 4) is 0 Å². The zero-order chi connectivity index (χ0) is 14.8. The lowest BCUT2D eigenvalue weighted by Gasteiger charge is -2.33. The number of nitrogens with two attached hydrogens (primary N) is 1. The molecule has 116 valence electrons. The summed E-state index contributed by atoms with van der Waals surface area (Å²) >= 11 is 0. The van der Waals surface area contributed by atoms with E-state index in [4.69, 9.17) is 16.0 Å². The van der Waals surface area contributed by atoms with Crippen LogP contribution in [0.3, 0.4) is 0 Å². The maximum Gasteiger partial charge on any atom is 0.141 e. The highest BCUT2D eigenvalue weighted by Crippen LogP contribution is 2.32. The van der Waals surface area contributed by atoms with Crippen LogP contribution in [0.2, 0.25) is 0 Å². The third-order valence-corrected chi connectivity index (χ3v) is 4.03. The Morgan fingerprint density at radius 1 is 1.57 bits per heavy atom. The van der Waals surface area contributed by atoms with E-state index in [0.717, 1.165) is 11.5 Å². The summed E-state index contributed by atoms with van der Waals surface area (Å²) in [6, 6.07) is 0. The minimum atomic E-state index is -0.279. The molecule has 0 spiro atoms. The third kappa shape index (κ3) is 2.46. The third-order valence-electron chi connectivity index (χ3n) is 4.03. The quantitative estimate of drug-likeness (QED) is 0.150. The Kier molecular flexibility index (Phi) is 4.01. The van der Waals surface area contributed by atoms with E-state index < -0.39 is 0 Å². The molecule has 3 aliphatic rings. The van der Waals surface area contributed by atoms with Crippen molar-refractivity contribution < 1.29 is 4.74 Å². The first-order chi connectivity index (χ1) is 10.3. The average Bonchev–Trinajstić information content (AvgIpc) is 3.10. The normalized spacial score (nSPS) is 35.2. The Bertz CT molecular complexity index is 456. The lowest BCUT2D eigenvalue weighted by atomic mass is 10.0. The van der Waals surface area contributed by atoms with Crippen molar-refractivity contribution in [2.45, 2.75) is 24.9 Å². The number of rotatable bonds is 5. The van der Waals surface area contributed by atoms with Crippen LogP contribution >= 0.6 is 0 Å². The van der Waals surface area contributed by atoms with E-state index in [0.29, 0.717) is 19.8 Å². The van der Waals surface area contributed by atoms with Crippen LogP contribution in [0.5, 0.6) is 0 Å². The van der Waals surface area contributed by atoms with Gasteiger partial charge in [-0.2, -0.15) is 4.91 Å². The lowest BCUT2D eigenvalue weighted by molar-refractivity contribution is -0.0424. The predicted molar refractivity (Wildman–Crippen MR) is 75.3 cm³/mol. The van der Waals surface area contributed by atoms with E-state index in [9.17, 15) is 4.91 Å². The molecule has 10 nitrogen and oxygen atoms in total. The van der Waals surface area contributed by atoms with Crippen LogP contribution < -0.4 is 27.2 Å². The van der Waals surface area contributed by atoms with Crippen LogP contribution in [-0.2, 0) is 4.74 Å². The van der Waals surface area contributed by atoms with Crippen molar-refractivity contribution in [1.29, 1.82) is 5.41 Å². The smallest absolute Gasteiger partial charge is 0.141 e. The predicted octanol–water partition coefficient (Wildman–Crippen LogP) is -1.89. The first-order valence-electron chi connectivity index (χ1n) is 6.91. The van der Waals surface area contributed by atoms with Gasteiger partial charge in [-0.3, -0.25) is 11.2 Å². The largest absolute Gasteiger partial charge is 0.366 e. The minimum Gasteiger partial charge on any atom is -0.366 e. The van der Waals surface area contributed by atoms with Gasteiger partial charge < -0.3 is 25.7 Å². The summed E-state index contributed by atoms with van der Waals surface area (Å²) in [6.45, 7) is 1.26. The Morgan fingerprint density at radius 2 is 2.43 bits per heavy atom. The molecule has 0 radical (unpaired) electrons. The van der Waals surface area contributed by atoms with Gasteiger partial charge in [0.15, 0.2) is 0 Å². The molecule has 0 bridgehead atoms. The van der Waals surface area contributed by atoms with Gasteiger partial charge in [-0.05, 0) is 6.42 Å². The highest BCUT2D eigenvalue weighted by Gasteiger charge is 2.42. The van der Waals surface area contributed by atoms with Crippen molar-refractivity contribution in [3.63, 3.8) is 0 Å². The Morgan fingerprint density at radius 3 is 3.14 bits per heavy atom. The van der Waals surface area contributed by atoms with E-state index >= 15 is 0 Å². The van der Waals surface area contributed by atoms with E-state index in [1.165, 1.54) is 6.21 Å². The molecule has 1 unspecified atom stereocenters. The molecule has 3 rings (SSSR count). The molecular weight excluding hydrogens is 276 g/mol. The number of nitroso groups, excluding NO2 is 1. The lowest BCUT2D eigenvalue weighted by Crippen LogP contribution is -2.56. The molecule has 4 atom stereocenters. The number of hydrogen-bond acceptors (Lipinski definition) is 10. The second kappa shape index (κ2) is 5.93. The number of ether oxygens (including phenoxy) is 1. The summed E-state index contributed by atoms with van der Waals surface area (Å²) in [4.78, 5) is 12.5. The molecule has 3 aliphatic heterocycles. The maximum atomic E-state index is 10.4. The van der Waals surface area contributed by atoms with Crippen LogP contribution in [0.25, 0.3) is 0 Å². The van der Waals surface area contributed by atoms with Gasteiger partial charge in [-0.15, -0.1) is 0 Å². The molecule has 0 amide bonds. The van der Waals surface area contributed by atoms with E-state index in [2.05, 4.69) is 26.6 Å². The van der Waals surface area contributed by atoms with Crippen molar-refractivity contribution in [3.05, 3.63) is 16.4 Å². The molecule has 1 saturated heterocycles. The highest BCUT2D eigenvalue weighted by molar-refractivity contribution is 5.58. The molecule has 0 aromatic rings. The number of nitrogens with one attached hydrogen (secondary N) is 5. The number of hydrazine groups is 1. The van der Waals surface area contributed by atoms with Gasteiger partial charge in [0, 0.05) is 12.1 Å². The van der Waals surface area contributed by atoms with Crippen LogP contribution in [0, 0.1) is 16.2 Å². The molecule has 0 saturated carbocycles. The molecule has 0 aromatic heterocycles. The van der Waals surface area contributed by atoms with Crippen LogP contribution in [-0.4, -0.2) is 49.5 Å². The second-order valence-electron chi connectivity index (χ2n) is 5.25. The van der Waals surface area contributed by atoms with Crippen molar-refractivity contribution in [2.24, 2.45) is 16.9 Å². The fraction of sp³-hybridized carbons (Fsp3) is 0.727. The van der Waals surface area contributed by atoms with Gasteiger partial charge in [-0.25, -0.2) is 5.43 Å². The van der Waals surface area contributed by atoms with Gasteiger partial charge in [-0.1, -0.05) is 5.18 Å². The molecule has 1 fully saturated rings. The zero-order valence-electron chi connectivity index (χ0n) is 11.5. The number of nitrogens with zero attached hydrogens (tertiary/aromatic N) is 2. The molecule has 3 heterocycles. The van der Waals surface area contributed by atoms with E-state index in [-0.39, 0.29) is 31.0 Å². The Labute approximate surface area is 121 Å². The van der Waals surface area contributed by atoms with E-state index in [1.54, 1.807) is 0 Å². The van der Waals surface area contributed by atoms with Crippen LogP contribution in [0.1, 0.15) is 6.42 Å². The second-order valence-corrected chi connectivity index (χ2v) is 5.25. The van der Waals surface area contributed by atoms with Crippen LogP contribution in [0.4, 0.5) is 0 Å². The first-order valence-corrected chi connectivity index (χ1v) is 6.91. The van der Waals surface area contributed by atoms with Crippen molar-refractivity contribution >= 4 is 6.21 Å². The zero-order valence-corrected chi connectivity index (χ0v) is 11.5. The molecule has 0 aromatic carbocycles. The fourth-order valence-electron chi connectivity index (χ4n) is 3.05. The first kappa shape index (κ1) is 14.2. The summed E-state index contributed by atoms with van der Waals surface area (Å²) in [5, 5.41) is 20.2.